The smallest absolute Gasteiger partial charge is 0.293 e. The highest BCUT2D eigenvalue weighted by Gasteiger charge is 2.33. The second-order valence-corrected chi connectivity index (χ2v) is 7.98. The minimum absolute atomic E-state index is 0.0714. The summed E-state index contributed by atoms with van der Waals surface area (Å²) in [5.41, 5.74) is 2.14. The molecule has 2 amide bonds. The Morgan fingerprint density at radius 1 is 1.00 bits per heavy atom. The number of furan rings is 1. The average molecular weight is 429 g/mol. The molecule has 8 nitrogen and oxygen atoms in total. The number of benzene rings is 2. The van der Waals surface area contributed by atoms with Gasteiger partial charge in [0.25, 0.3) is 11.8 Å². The van der Waals surface area contributed by atoms with Crippen LogP contribution in [0.1, 0.15) is 33.7 Å². The van der Waals surface area contributed by atoms with E-state index >= 15 is 0 Å². The molecule has 0 spiro atoms. The zero-order valence-corrected chi connectivity index (χ0v) is 17.9. The van der Waals surface area contributed by atoms with Crippen LogP contribution in [0.15, 0.2) is 65.3 Å². The molecular weight excluding hydrogens is 406 g/mol. The quantitative estimate of drug-likeness (QED) is 0.499. The lowest BCUT2D eigenvalue weighted by Gasteiger charge is -2.39. The van der Waals surface area contributed by atoms with Gasteiger partial charge in [0, 0.05) is 31.1 Å². The molecule has 0 aliphatic carbocycles. The maximum absolute atomic E-state index is 13.3. The van der Waals surface area contributed by atoms with E-state index in [9.17, 15) is 9.59 Å². The number of amides is 2. The number of piperazine rings is 1. The summed E-state index contributed by atoms with van der Waals surface area (Å²) < 4.78 is 7.35. The first-order chi connectivity index (χ1) is 15.5. The number of carbonyl (C=O) groups excluding carboxylic acids is 2. The zero-order valence-electron chi connectivity index (χ0n) is 17.9. The topological polar surface area (TPSA) is 84.5 Å². The third-order valence-corrected chi connectivity index (χ3v) is 5.86. The molecule has 1 aliphatic heterocycles. The van der Waals surface area contributed by atoms with Gasteiger partial charge in [-0.15, -0.1) is 5.10 Å². The lowest BCUT2D eigenvalue weighted by atomic mass is 10.1. The van der Waals surface area contributed by atoms with Gasteiger partial charge in [0.05, 0.1) is 11.3 Å². The molecule has 0 bridgehead atoms. The maximum atomic E-state index is 13.3. The largest absolute Gasteiger partial charge is 0.461 e. The number of aromatic nitrogens is 3. The van der Waals surface area contributed by atoms with Crippen LogP contribution in [0.5, 0.6) is 0 Å². The van der Waals surface area contributed by atoms with E-state index in [1.54, 1.807) is 20.8 Å². The number of fused-ring (bicyclic) bond motifs is 1. The summed E-state index contributed by atoms with van der Waals surface area (Å²) in [5, 5.41) is 5.17. The first kappa shape index (κ1) is 20.0. The standard InChI is InChI=1S/C24H23N5O3/c1-16-14-27(23(30)21-17(2)32-20-11-7-6-10-19(20)21)12-13-28(16)24(31)22-25-15-29(26-22)18-8-4-3-5-9-18/h3-11,15-16H,12-14H2,1-2H3. The Morgan fingerprint density at radius 3 is 2.53 bits per heavy atom. The third kappa shape index (κ3) is 3.43. The van der Waals surface area contributed by atoms with Gasteiger partial charge in [-0.2, -0.15) is 0 Å². The van der Waals surface area contributed by atoms with Crippen molar-refractivity contribution in [3.63, 3.8) is 0 Å². The SMILES string of the molecule is Cc1oc2ccccc2c1C(=O)N1CCN(C(=O)c2ncn(-c3ccccc3)n2)C(C)C1. The van der Waals surface area contributed by atoms with Crippen molar-refractivity contribution in [2.75, 3.05) is 19.6 Å². The van der Waals surface area contributed by atoms with Gasteiger partial charge in [-0.25, -0.2) is 9.67 Å². The maximum Gasteiger partial charge on any atom is 0.293 e. The van der Waals surface area contributed by atoms with E-state index in [0.29, 0.717) is 36.5 Å². The first-order valence-corrected chi connectivity index (χ1v) is 10.6. The van der Waals surface area contributed by atoms with Gasteiger partial charge in [0.1, 0.15) is 17.7 Å². The summed E-state index contributed by atoms with van der Waals surface area (Å²) >= 11 is 0. The Bertz CT molecular complexity index is 1290. The van der Waals surface area contributed by atoms with Gasteiger partial charge >= 0.3 is 0 Å². The number of nitrogens with zero attached hydrogens (tertiary/aromatic N) is 5. The highest BCUT2D eigenvalue weighted by Crippen LogP contribution is 2.27. The molecule has 0 saturated carbocycles. The van der Waals surface area contributed by atoms with Crippen LogP contribution >= 0.6 is 0 Å². The number of rotatable bonds is 3. The Hall–Kier alpha value is -3.94. The number of carbonyl (C=O) groups is 2. The van der Waals surface area contributed by atoms with Gasteiger partial charge < -0.3 is 14.2 Å². The zero-order chi connectivity index (χ0) is 22.2. The molecule has 0 N–H and O–H groups in total. The lowest BCUT2D eigenvalue weighted by molar-refractivity contribution is 0.0407. The van der Waals surface area contributed by atoms with Crippen molar-refractivity contribution < 1.29 is 14.0 Å². The van der Waals surface area contributed by atoms with E-state index in [1.807, 2.05) is 68.4 Å². The predicted octanol–water partition coefficient (Wildman–Crippen LogP) is 3.31. The van der Waals surface area contributed by atoms with Gasteiger partial charge in [-0.3, -0.25) is 9.59 Å². The molecule has 1 aliphatic rings. The Labute approximate surface area is 185 Å². The average Bonchev–Trinajstić information content (AvgIpc) is 3.43. The van der Waals surface area contributed by atoms with Crippen LogP contribution in [0.3, 0.4) is 0 Å². The lowest BCUT2D eigenvalue weighted by Crippen LogP contribution is -2.55. The fraction of sp³-hybridized carbons (Fsp3) is 0.250. The summed E-state index contributed by atoms with van der Waals surface area (Å²) in [5.74, 6) is 0.456. The molecule has 2 aromatic carbocycles. The van der Waals surface area contributed by atoms with E-state index in [4.69, 9.17) is 4.42 Å². The van der Waals surface area contributed by atoms with E-state index in [1.165, 1.54) is 0 Å². The molecule has 32 heavy (non-hydrogen) atoms. The third-order valence-electron chi connectivity index (χ3n) is 5.86. The predicted molar refractivity (Wildman–Crippen MR) is 119 cm³/mol. The Kier molecular flexibility index (Phi) is 4.97. The van der Waals surface area contributed by atoms with Crippen molar-refractivity contribution in [3.05, 3.63) is 78.1 Å². The Balaban J connectivity index is 1.31. The van der Waals surface area contributed by atoms with Gasteiger partial charge in [-0.1, -0.05) is 36.4 Å². The van der Waals surface area contributed by atoms with Gasteiger partial charge in [0.15, 0.2) is 0 Å². The molecule has 1 unspecified atom stereocenters. The normalized spacial score (nSPS) is 16.5. The van der Waals surface area contributed by atoms with Crippen LogP contribution < -0.4 is 0 Å². The molecule has 1 saturated heterocycles. The second-order valence-electron chi connectivity index (χ2n) is 7.98. The molecule has 162 valence electrons. The molecule has 3 heterocycles. The molecule has 1 atom stereocenters. The van der Waals surface area contributed by atoms with Crippen molar-refractivity contribution in [1.29, 1.82) is 0 Å². The van der Waals surface area contributed by atoms with Crippen LogP contribution in [0, 0.1) is 6.92 Å². The van der Waals surface area contributed by atoms with E-state index < -0.39 is 0 Å². The molecule has 8 heteroatoms. The number of para-hydroxylation sites is 2. The summed E-state index contributed by atoms with van der Waals surface area (Å²) in [6.45, 7) is 5.04. The molecular formula is C24H23N5O3. The monoisotopic (exact) mass is 429 g/mol. The van der Waals surface area contributed by atoms with E-state index in [0.717, 1.165) is 11.1 Å². The Morgan fingerprint density at radius 2 is 1.75 bits per heavy atom. The summed E-state index contributed by atoms with van der Waals surface area (Å²) in [6.07, 6.45) is 1.54. The van der Waals surface area contributed by atoms with Crippen molar-refractivity contribution >= 4 is 22.8 Å². The molecule has 2 aromatic heterocycles. The van der Waals surface area contributed by atoms with Crippen LogP contribution in [0.4, 0.5) is 0 Å². The van der Waals surface area contributed by atoms with Crippen LogP contribution in [-0.2, 0) is 0 Å². The van der Waals surface area contributed by atoms with Crippen LogP contribution in [0.25, 0.3) is 16.7 Å². The summed E-state index contributed by atoms with van der Waals surface area (Å²) in [7, 11) is 0. The fourth-order valence-electron chi connectivity index (χ4n) is 4.23. The number of hydrogen-bond acceptors (Lipinski definition) is 5. The molecule has 0 radical (unpaired) electrons. The molecule has 5 rings (SSSR count). The van der Waals surface area contributed by atoms with Gasteiger partial charge in [-0.05, 0) is 32.0 Å². The summed E-state index contributed by atoms with van der Waals surface area (Å²) in [4.78, 5) is 34.1. The highest BCUT2D eigenvalue weighted by molar-refractivity contribution is 6.07. The van der Waals surface area contributed by atoms with Crippen LogP contribution in [0.2, 0.25) is 0 Å². The first-order valence-electron chi connectivity index (χ1n) is 10.6. The second kappa shape index (κ2) is 7.96. The van der Waals surface area contributed by atoms with Crippen molar-refractivity contribution in [3.8, 4) is 5.69 Å². The van der Waals surface area contributed by atoms with Crippen molar-refractivity contribution in [2.45, 2.75) is 19.9 Å². The minimum Gasteiger partial charge on any atom is -0.461 e. The molecule has 1 fully saturated rings. The van der Waals surface area contributed by atoms with Crippen molar-refractivity contribution in [2.24, 2.45) is 0 Å². The fourth-order valence-corrected chi connectivity index (χ4v) is 4.23. The summed E-state index contributed by atoms with van der Waals surface area (Å²) in [6, 6.07) is 16.9. The van der Waals surface area contributed by atoms with Crippen molar-refractivity contribution in [1.82, 2.24) is 24.6 Å². The minimum atomic E-state index is -0.232. The van der Waals surface area contributed by atoms with E-state index in [2.05, 4.69) is 10.1 Å². The number of aryl methyl sites for hydroxylation is 1. The number of hydrogen-bond donors (Lipinski definition) is 0. The van der Waals surface area contributed by atoms with Crippen LogP contribution in [-0.4, -0.2) is 62.1 Å². The molecule has 4 aromatic rings. The van der Waals surface area contributed by atoms with E-state index in [-0.39, 0.29) is 23.7 Å². The van der Waals surface area contributed by atoms with Gasteiger partial charge in [0.2, 0.25) is 5.82 Å². The highest BCUT2D eigenvalue weighted by atomic mass is 16.3.